The fourth-order valence-electron chi connectivity index (χ4n) is 1.70. The standard InChI is InChI=1S/C12H15NO2/c1-9-2-4-10(5-3-9)11-6-7-13-12(14)8-15-11/h2-5,11H,6-8H2,1H3,(H,13,14). The first-order chi connectivity index (χ1) is 7.25. The first-order valence-electron chi connectivity index (χ1n) is 5.20. The maximum absolute atomic E-state index is 11.1. The summed E-state index contributed by atoms with van der Waals surface area (Å²) in [6.07, 6.45) is 0.888. The zero-order valence-electron chi connectivity index (χ0n) is 8.82. The Morgan fingerprint density at radius 3 is 2.80 bits per heavy atom. The molecule has 0 bridgehead atoms. The molecule has 0 radical (unpaired) electrons. The van der Waals surface area contributed by atoms with E-state index in [0.29, 0.717) is 6.54 Å². The Kier molecular flexibility index (Phi) is 3.02. The number of nitrogens with one attached hydrogen (secondary N) is 1. The molecule has 1 unspecified atom stereocenters. The predicted molar refractivity (Wildman–Crippen MR) is 57.5 cm³/mol. The van der Waals surface area contributed by atoms with Crippen LogP contribution in [0.25, 0.3) is 0 Å². The topological polar surface area (TPSA) is 38.3 Å². The lowest BCUT2D eigenvalue weighted by Crippen LogP contribution is -2.24. The van der Waals surface area contributed by atoms with Crippen molar-refractivity contribution in [1.82, 2.24) is 5.32 Å². The van der Waals surface area contributed by atoms with Gasteiger partial charge in [0.2, 0.25) is 5.91 Å². The summed E-state index contributed by atoms with van der Waals surface area (Å²) in [5.41, 5.74) is 2.39. The van der Waals surface area contributed by atoms with Crippen molar-refractivity contribution >= 4 is 5.91 Å². The Morgan fingerprint density at radius 1 is 1.33 bits per heavy atom. The summed E-state index contributed by atoms with van der Waals surface area (Å²) in [5, 5.41) is 2.79. The van der Waals surface area contributed by atoms with E-state index >= 15 is 0 Å². The first kappa shape index (κ1) is 10.2. The zero-order valence-corrected chi connectivity index (χ0v) is 8.82. The third-order valence-electron chi connectivity index (χ3n) is 2.59. The number of ether oxygens (including phenoxy) is 1. The quantitative estimate of drug-likeness (QED) is 0.755. The molecule has 1 heterocycles. The van der Waals surface area contributed by atoms with Gasteiger partial charge in [-0.3, -0.25) is 4.79 Å². The number of carbonyl (C=O) groups is 1. The molecule has 1 saturated heterocycles. The molecule has 3 nitrogen and oxygen atoms in total. The summed E-state index contributed by atoms with van der Waals surface area (Å²) in [7, 11) is 0. The maximum Gasteiger partial charge on any atom is 0.246 e. The molecule has 1 fully saturated rings. The molecule has 1 aromatic rings. The monoisotopic (exact) mass is 205 g/mol. The number of hydrogen-bond acceptors (Lipinski definition) is 2. The van der Waals surface area contributed by atoms with Crippen LogP contribution in [-0.2, 0) is 9.53 Å². The Balaban J connectivity index is 2.09. The van der Waals surface area contributed by atoms with Gasteiger partial charge in [0.15, 0.2) is 0 Å². The summed E-state index contributed by atoms with van der Waals surface area (Å²) >= 11 is 0. The summed E-state index contributed by atoms with van der Waals surface area (Å²) in [4.78, 5) is 11.1. The minimum atomic E-state index is -0.0235. The van der Waals surface area contributed by atoms with Crippen LogP contribution >= 0.6 is 0 Å². The van der Waals surface area contributed by atoms with Crippen LogP contribution in [0.3, 0.4) is 0 Å². The summed E-state index contributed by atoms with van der Waals surface area (Å²) in [6.45, 7) is 2.92. The number of rotatable bonds is 1. The summed E-state index contributed by atoms with van der Waals surface area (Å²) < 4.78 is 5.53. The van der Waals surface area contributed by atoms with Crippen molar-refractivity contribution in [3.05, 3.63) is 35.4 Å². The van der Waals surface area contributed by atoms with E-state index in [2.05, 4.69) is 36.5 Å². The van der Waals surface area contributed by atoms with Gasteiger partial charge in [-0.05, 0) is 18.9 Å². The lowest BCUT2D eigenvalue weighted by Gasteiger charge is -2.14. The lowest BCUT2D eigenvalue weighted by molar-refractivity contribution is -0.125. The van der Waals surface area contributed by atoms with Crippen molar-refractivity contribution < 1.29 is 9.53 Å². The molecular formula is C12H15NO2. The van der Waals surface area contributed by atoms with Crippen LogP contribution < -0.4 is 5.32 Å². The molecule has 1 aliphatic heterocycles. The number of aryl methyl sites for hydroxylation is 1. The van der Waals surface area contributed by atoms with Gasteiger partial charge in [0.1, 0.15) is 6.61 Å². The van der Waals surface area contributed by atoms with Gasteiger partial charge in [0.05, 0.1) is 6.10 Å². The fraction of sp³-hybridized carbons (Fsp3) is 0.417. The molecule has 3 heteroatoms. The summed E-state index contributed by atoms with van der Waals surface area (Å²) in [5.74, 6) is -0.0235. The van der Waals surface area contributed by atoms with Gasteiger partial charge >= 0.3 is 0 Å². The number of carbonyl (C=O) groups excluding carboxylic acids is 1. The van der Waals surface area contributed by atoms with E-state index in [0.717, 1.165) is 12.0 Å². The van der Waals surface area contributed by atoms with Crippen LogP contribution in [0.5, 0.6) is 0 Å². The molecule has 0 spiro atoms. The van der Waals surface area contributed by atoms with Gasteiger partial charge in [-0.1, -0.05) is 29.8 Å². The minimum Gasteiger partial charge on any atom is -0.364 e. The number of benzene rings is 1. The van der Waals surface area contributed by atoms with Crippen LogP contribution in [0.1, 0.15) is 23.7 Å². The largest absolute Gasteiger partial charge is 0.364 e. The molecule has 0 aliphatic carbocycles. The van der Waals surface area contributed by atoms with E-state index < -0.39 is 0 Å². The normalized spacial score (nSPS) is 21.9. The fourth-order valence-corrected chi connectivity index (χ4v) is 1.70. The Labute approximate surface area is 89.4 Å². The molecule has 15 heavy (non-hydrogen) atoms. The smallest absolute Gasteiger partial charge is 0.246 e. The van der Waals surface area contributed by atoms with Gasteiger partial charge in [-0.25, -0.2) is 0 Å². The molecule has 2 rings (SSSR count). The van der Waals surface area contributed by atoms with Crippen molar-refractivity contribution in [2.24, 2.45) is 0 Å². The maximum atomic E-state index is 11.1. The van der Waals surface area contributed by atoms with Crippen molar-refractivity contribution in [2.45, 2.75) is 19.4 Å². The van der Waals surface area contributed by atoms with Crippen LogP contribution in [-0.4, -0.2) is 19.1 Å². The van der Waals surface area contributed by atoms with Gasteiger partial charge < -0.3 is 10.1 Å². The Bertz CT molecular complexity index is 345. The third kappa shape index (κ3) is 2.57. The highest BCUT2D eigenvalue weighted by molar-refractivity contribution is 5.77. The molecule has 1 N–H and O–H groups in total. The van der Waals surface area contributed by atoms with Gasteiger partial charge in [-0.15, -0.1) is 0 Å². The molecule has 1 aromatic carbocycles. The van der Waals surface area contributed by atoms with Crippen LogP contribution in [0.15, 0.2) is 24.3 Å². The first-order valence-corrected chi connectivity index (χ1v) is 5.20. The number of amides is 1. The molecule has 0 saturated carbocycles. The van der Waals surface area contributed by atoms with Crippen LogP contribution in [0.4, 0.5) is 0 Å². The van der Waals surface area contributed by atoms with E-state index in [9.17, 15) is 4.79 Å². The van der Waals surface area contributed by atoms with Crippen molar-refractivity contribution in [3.8, 4) is 0 Å². The second-order valence-electron chi connectivity index (χ2n) is 3.85. The van der Waals surface area contributed by atoms with E-state index in [-0.39, 0.29) is 18.6 Å². The van der Waals surface area contributed by atoms with Crippen LogP contribution in [0, 0.1) is 6.92 Å². The molecule has 1 aliphatic rings. The summed E-state index contributed by atoms with van der Waals surface area (Å²) in [6, 6.07) is 8.27. The average Bonchev–Trinajstić information content (AvgIpc) is 2.44. The van der Waals surface area contributed by atoms with E-state index in [4.69, 9.17) is 4.74 Å². The Hall–Kier alpha value is -1.35. The lowest BCUT2D eigenvalue weighted by atomic mass is 10.1. The zero-order chi connectivity index (χ0) is 10.7. The van der Waals surface area contributed by atoms with Crippen molar-refractivity contribution in [3.63, 3.8) is 0 Å². The van der Waals surface area contributed by atoms with Gasteiger partial charge in [0.25, 0.3) is 0 Å². The Morgan fingerprint density at radius 2 is 2.07 bits per heavy atom. The second-order valence-corrected chi connectivity index (χ2v) is 3.85. The number of hydrogen-bond donors (Lipinski definition) is 1. The van der Waals surface area contributed by atoms with Gasteiger partial charge in [-0.2, -0.15) is 0 Å². The SMILES string of the molecule is Cc1ccc(C2CCNC(=O)CO2)cc1. The van der Waals surface area contributed by atoms with Crippen molar-refractivity contribution in [2.75, 3.05) is 13.2 Å². The average molecular weight is 205 g/mol. The van der Waals surface area contributed by atoms with Crippen LogP contribution in [0.2, 0.25) is 0 Å². The minimum absolute atomic E-state index is 0.0235. The second kappa shape index (κ2) is 4.45. The van der Waals surface area contributed by atoms with E-state index in [1.807, 2.05) is 0 Å². The van der Waals surface area contributed by atoms with E-state index in [1.165, 1.54) is 5.56 Å². The predicted octanol–water partition coefficient (Wildman–Crippen LogP) is 1.57. The molecule has 80 valence electrons. The highest BCUT2D eigenvalue weighted by atomic mass is 16.5. The van der Waals surface area contributed by atoms with E-state index in [1.54, 1.807) is 0 Å². The molecular weight excluding hydrogens is 190 g/mol. The highest BCUT2D eigenvalue weighted by Crippen LogP contribution is 2.22. The third-order valence-corrected chi connectivity index (χ3v) is 2.59. The molecule has 1 amide bonds. The molecule has 0 aromatic heterocycles. The van der Waals surface area contributed by atoms with Crippen molar-refractivity contribution in [1.29, 1.82) is 0 Å². The highest BCUT2D eigenvalue weighted by Gasteiger charge is 2.17. The molecule has 1 atom stereocenters. The van der Waals surface area contributed by atoms with Gasteiger partial charge in [0, 0.05) is 6.54 Å².